The van der Waals surface area contributed by atoms with Gasteiger partial charge in [-0.15, -0.1) is 0 Å². The molecule has 0 aliphatic carbocycles. The highest BCUT2D eigenvalue weighted by Crippen LogP contribution is 2.41. The molecule has 1 atom stereocenters. The highest BCUT2D eigenvalue weighted by atomic mass is 19.1. The van der Waals surface area contributed by atoms with Crippen molar-refractivity contribution in [3.63, 3.8) is 0 Å². The second-order valence-electron chi connectivity index (χ2n) is 7.72. The summed E-state index contributed by atoms with van der Waals surface area (Å²) >= 11 is 0. The Bertz CT molecular complexity index is 1340. The normalized spacial score (nSPS) is 16.8. The molecule has 1 aliphatic rings. The van der Waals surface area contributed by atoms with Gasteiger partial charge in [0.25, 0.3) is 0 Å². The lowest BCUT2D eigenvalue weighted by Crippen LogP contribution is -2.40. The summed E-state index contributed by atoms with van der Waals surface area (Å²) in [5, 5.41) is 3.10. The number of ether oxygens (including phenoxy) is 1. The number of aliphatic imine (C=N–C) groups is 1. The maximum Gasteiger partial charge on any atom is 0.167 e. The molecule has 2 aromatic carbocycles. The molecule has 1 unspecified atom stereocenters. The Morgan fingerprint density at radius 1 is 1.03 bits per heavy atom. The molecule has 1 aliphatic heterocycles. The minimum absolute atomic E-state index is 0.190. The molecule has 0 amide bonds. The van der Waals surface area contributed by atoms with Crippen molar-refractivity contribution in [2.45, 2.75) is 18.8 Å². The Morgan fingerprint density at radius 3 is 2.73 bits per heavy atom. The lowest BCUT2D eigenvalue weighted by Gasteiger charge is -2.32. The summed E-state index contributed by atoms with van der Waals surface area (Å²) in [5.74, 6) is 0.828. The third kappa shape index (κ3) is 3.97. The maximum absolute atomic E-state index is 13.6. The van der Waals surface area contributed by atoms with Gasteiger partial charge in [0, 0.05) is 23.2 Å². The first-order valence-electron chi connectivity index (χ1n) is 10.4. The van der Waals surface area contributed by atoms with E-state index < -0.39 is 5.66 Å². The predicted molar refractivity (Wildman–Crippen MR) is 124 cm³/mol. The van der Waals surface area contributed by atoms with Crippen molar-refractivity contribution in [3.8, 4) is 17.2 Å². The smallest absolute Gasteiger partial charge is 0.167 e. The number of benzene rings is 2. The maximum atomic E-state index is 13.6. The van der Waals surface area contributed by atoms with E-state index in [1.165, 1.54) is 12.1 Å². The first-order valence-corrected chi connectivity index (χ1v) is 10.4. The molecule has 4 aromatic rings. The van der Waals surface area contributed by atoms with Crippen LogP contribution in [-0.2, 0) is 18.8 Å². The molecule has 166 valence electrons. The van der Waals surface area contributed by atoms with Gasteiger partial charge in [-0.3, -0.25) is 10.7 Å². The average Bonchev–Trinajstić information content (AvgIpc) is 3.33. The number of nitrogens with one attached hydrogen (secondary N) is 1. The van der Waals surface area contributed by atoms with Crippen LogP contribution >= 0.6 is 0 Å². The highest BCUT2D eigenvalue weighted by molar-refractivity contribution is 5.83. The molecular formula is C25H22FN5O2. The zero-order valence-corrected chi connectivity index (χ0v) is 17.7. The van der Waals surface area contributed by atoms with Crippen molar-refractivity contribution in [3.05, 3.63) is 101 Å². The van der Waals surface area contributed by atoms with E-state index in [0.717, 1.165) is 11.3 Å². The van der Waals surface area contributed by atoms with Crippen LogP contribution in [0.4, 0.5) is 10.1 Å². The molecule has 33 heavy (non-hydrogen) atoms. The minimum atomic E-state index is -1.24. The number of hydrogen-bond donors (Lipinski definition) is 3. The zero-order valence-electron chi connectivity index (χ0n) is 17.7. The molecule has 0 spiro atoms. The van der Waals surface area contributed by atoms with Crippen LogP contribution in [0.5, 0.6) is 5.75 Å². The Morgan fingerprint density at radius 2 is 1.91 bits per heavy atom. The molecule has 0 bridgehead atoms. The molecule has 0 saturated heterocycles. The van der Waals surface area contributed by atoms with E-state index in [9.17, 15) is 4.39 Å². The van der Waals surface area contributed by atoms with Gasteiger partial charge in [-0.2, -0.15) is 0 Å². The Hall–Kier alpha value is -4.01. The van der Waals surface area contributed by atoms with Crippen LogP contribution in [0.2, 0.25) is 0 Å². The number of para-hydroxylation sites is 1. The second kappa shape index (κ2) is 8.50. The molecule has 5 N–H and O–H groups in total. The second-order valence-corrected chi connectivity index (χ2v) is 7.72. The number of halogens is 1. The number of fused-ring (bicyclic) bond motifs is 1. The number of nitrogens with two attached hydrogens (primary N) is 2. The number of pyridine rings is 1. The number of hydrogen-bond acceptors (Lipinski definition) is 7. The SMILES string of the molecule is NCc1coc(-c2cc3c(cn2)NC=NC3(N)c2ccccc2OCc2cccc(F)c2)c1. The number of aromatic nitrogens is 1. The van der Waals surface area contributed by atoms with E-state index in [-0.39, 0.29) is 12.4 Å². The molecular weight excluding hydrogens is 421 g/mol. The minimum Gasteiger partial charge on any atom is -0.488 e. The fourth-order valence-electron chi connectivity index (χ4n) is 3.82. The number of furan rings is 1. The monoisotopic (exact) mass is 443 g/mol. The fourth-order valence-corrected chi connectivity index (χ4v) is 3.82. The molecule has 8 heteroatoms. The van der Waals surface area contributed by atoms with Gasteiger partial charge in [0.15, 0.2) is 11.4 Å². The van der Waals surface area contributed by atoms with E-state index >= 15 is 0 Å². The zero-order chi connectivity index (χ0) is 22.8. The number of rotatable bonds is 6. The van der Waals surface area contributed by atoms with Gasteiger partial charge in [0.1, 0.15) is 23.9 Å². The van der Waals surface area contributed by atoms with E-state index in [1.54, 1.807) is 30.9 Å². The predicted octanol–water partition coefficient (Wildman–Crippen LogP) is 4.13. The highest BCUT2D eigenvalue weighted by Gasteiger charge is 2.36. The largest absolute Gasteiger partial charge is 0.488 e. The molecule has 3 heterocycles. The molecule has 7 nitrogen and oxygen atoms in total. The summed E-state index contributed by atoms with van der Waals surface area (Å²) in [6.45, 7) is 0.562. The van der Waals surface area contributed by atoms with Gasteiger partial charge >= 0.3 is 0 Å². The van der Waals surface area contributed by atoms with Gasteiger partial charge in [0.05, 0.1) is 24.5 Å². The lowest BCUT2D eigenvalue weighted by atomic mass is 9.89. The average molecular weight is 443 g/mol. The first-order chi connectivity index (χ1) is 16.1. The summed E-state index contributed by atoms with van der Waals surface area (Å²) in [4.78, 5) is 9.08. The fraction of sp³-hybridized carbons (Fsp3) is 0.120. The van der Waals surface area contributed by atoms with Crippen LogP contribution in [-0.4, -0.2) is 11.3 Å². The van der Waals surface area contributed by atoms with Crippen molar-refractivity contribution in [1.82, 2.24) is 4.98 Å². The summed E-state index contributed by atoms with van der Waals surface area (Å²) in [5.41, 5.74) is 15.7. The molecule has 0 fully saturated rings. The van der Waals surface area contributed by atoms with Crippen molar-refractivity contribution in [1.29, 1.82) is 0 Å². The topological polar surface area (TPSA) is 112 Å². The molecule has 0 saturated carbocycles. The number of anilines is 1. The summed E-state index contributed by atoms with van der Waals surface area (Å²) in [6.07, 6.45) is 4.85. The van der Waals surface area contributed by atoms with Crippen LogP contribution in [0, 0.1) is 5.82 Å². The van der Waals surface area contributed by atoms with Crippen LogP contribution in [0.15, 0.2) is 82.5 Å². The van der Waals surface area contributed by atoms with Gasteiger partial charge < -0.3 is 20.2 Å². The summed E-state index contributed by atoms with van der Waals surface area (Å²) in [7, 11) is 0. The van der Waals surface area contributed by atoms with Crippen LogP contribution in [0.1, 0.15) is 22.3 Å². The van der Waals surface area contributed by atoms with Gasteiger partial charge in [-0.05, 0) is 35.9 Å². The first kappa shape index (κ1) is 20.9. The molecule has 0 radical (unpaired) electrons. The van der Waals surface area contributed by atoms with Crippen LogP contribution in [0.3, 0.4) is 0 Å². The van der Waals surface area contributed by atoms with Gasteiger partial charge in [-0.1, -0.05) is 30.3 Å². The van der Waals surface area contributed by atoms with Crippen LogP contribution in [0.25, 0.3) is 11.5 Å². The molecule has 2 aromatic heterocycles. The van der Waals surface area contributed by atoms with Crippen molar-refractivity contribution >= 4 is 12.0 Å². The summed E-state index contributed by atoms with van der Waals surface area (Å²) in [6, 6.07) is 17.4. The van der Waals surface area contributed by atoms with Crippen molar-refractivity contribution in [2.75, 3.05) is 5.32 Å². The van der Waals surface area contributed by atoms with E-state index in [1.807, 2.05) is 36.4 Å². The van der Waals surface area contributed by atoms with E-state index in [2.05, 4.69) is 15.3 Å². The number of nitrogens with zero attached hydrogens (tertiary/aromatic N) is 2. The van der Waals surface area contributed by atoms with Gasteiger partial charge in [0.2, 0.25) is 0 Å². The molecule has 5 rings (SSSR count). The van der Waals surface area contributed by atoms with Crippen LogP contribution < -0.4 is 21.5 Å². The standard InChI is InChI=1S/C25H22FN5O2/c26-18-5-3-4-16(8-18)13-32-23-7-2-1-6-19(23)25(28)20-10-21(24-9-17(11-27)14-33-24)29-12-22(20)30-15-31-25/h1-10,12,14-15H,11,13,27-28H2,(H,30,31). The quantitative estimate of drug-likeness (QED) is 0.413. The van der Waals surface area contributed by atoms with Crippen molar-refractivity contribution in [2.24, 2.45) is 16.5 Å². The lowest BCUT2D eigenvalue weighted by molar-refractivity contribution is 0.297. The Kier molecular flexibility index (Phi) is 5.37. The summed E-state index contributed by atoms with van der Waals surface area (Å²) < 4.78 is 25.3. The Balaban J connectivity index is 1.53. The van der Waals surface area contributed by atoms with Gasteiger partial charge in [-0.25, -0.2) is 9.38 Å². The third-order valence-corrected chi connectivity index (χ3v) is 5.53. The van der Waals surface area contributed by atoms with E-state index in [0.29, 0.717) is 40.4 Å². The van der Waals surface area contributed by atoms with E-state index in [4.69, 9.17) is 20.6 Å². The third-order valence-electron chi connectivity index (χ3n) is 5.53. The van der Waals surface area contributed by atoms with Crippen molar-refractivity contribution < 1.29 is 13.5 Å². The Labute approximate surface area is 189 Å².